The van der Waals surface area contributed by atoms with Crippen LogP contribution in [0.3, 0.4) is 0 Å². The lowest BCUT2D eigenvalue weighted by Crippen LogP contribution is -2.22. The van der Waals surface area contributed by atoms with Crippen LogP contribution in [0.5, 0.6) is 0 Å². The largest absolute Gasteiger partial charge is 0.451 e. The first kappa shape index (κ1) is 17.0. The summed E-state index contributed by atoms with van der Waals surface area (Å²) in [4.78, 5) is 36.2. The Labute approximate surface area is 154 Å². The summed E-state index contributed by atoms with van der Waals surface area (Å²) < 4.78 is 5.07. The summed E-state index contributed by atoms with van der Waals surface area (Å²) in [6, 6.07) is 12.4. The van der Waals surface area contributed by atoms with Gasteiger partial charge in [-0.1, -0.05) is 24.3 Å². The van der Waals surface area contributed by atoms with Crippen LogP contribution in [0, 0.1) is 0 Å². The molecule has 3 aromatic rings. The van der Waals surface area contributed by atoms with Gasteiger partial charge in [-0.2, -0.15) is 5.10 Å². The quantitative estimate of drug-likeness (QED) is 0.692. The molecule has 0 atom stereocenters. The van der Waals surface area contributed by atoms with Crippen molar-refractivity contribution in [3.05, 3.63) is 69.6 Å². The van der Waals surface area contributed by atoms with Gasteiger partial charge in [0.1, 0.15) is 0 Å². The van der Waals surface area contributed by atoms with E-state index in [0.717, 1.165) is 19.3 Å². The maximum atomic E-state index is 12.3. The Morgan fingerprint density at radius 2 is 1.85 bits per heavy atom. The van der Waals surface area contributed by atoms with Gasteiger partial charge in [-0.15, -0.1) is 0 Å². The van der Waals surface area contributed by atoms with Crippen molar-refractivity contribution in [2.75, 3.05) is 11.9 Å². The summed E-state index contributed by atoms with van der Waals surface area (Å²) >= 11 is 0. The number of aromatic amines is 1. The lowest BCUT2D eigenvalue weighted by Gasteiger charge is -2.09. The standard InChI is InChI=1S/C20H17N3O4/c24-17(21-14-9-8-12-4-3-5-13(12)10-14)11-27-20(26)18-15-6-1-2-7-16(15)19(25)23-22-18/h1-2,6-10H,3-5,11H2,(H,21,24)(H,23,25). The van der Waals surface area contributed by atoms with Crippen LogP contribution in [-0.4, -0.2) is 28.7 Å². The van der Waals surface area contributed by atoms with Crippen LogP contribution >= 0.6 is 0 Å². The predicted octanol–water partition coefficient (Wildman–Crippen LogP) is 2.21. The van der Waals surface area contributed by atoms with Gasteiger partial charge in [0.25, 0.3) is 11.5 Å². The number of ether oxygens (including phenoxy) is 1. The molecule has 2 N–H and O–H groups in total. The number of hydrogen-bond acceptors (Lipinski definition) is 5. The number of carbonyl (C=O) groups excluding carboxylic acids is 2. The van der Waals surface area contributed by atoms with Crippen LogP contribution in [0.1, 0.15) is 28.0 Å². The zero-order valence-electron chi connectivity index (χ0n) is 14.5. The van der Waals surface area contributed by atoms with Crippen molar-refractivity contribution < 1.29 is 14.3 Å². The van der Waals surface area contributed by atoms with E-state index in [1.165, 1.54) is 11.1 Å². The van der Waals surface area contributed by atoms with Crippen molar-refractivity contribution in [2.24, 2.45) is 0 Å². The van der Waals surface area contributed by atoms with E-state index in [1.807, 2.05) is 18.2 Å². The molecule has 0 unspecified atom stereocenters. The minimum atomic E-state index is -0.772. The SMILES string of the molecule is O=C(COC(=O)c1n[nH]c(=O)c2ccccc12)Nc1ccc2c(c1)CCC2. The normalized spacial score (nSPS) is 12.6. The van der Waals surface area contributed by atoms with E-state index < -0.39 is 24.0 Å². The maximum absolute atomic E-state index is 12.3. The Hall–Kier alpha value is -3.48. The fraction of sp³-hybridized carbons (Fsp3) is 0.200. The predicted molar refractivity (Wildman–Crippen MR) is 99.7 cm³/mol. The summed E-state index contributed by atoms with van der Waals surface area (Å²) in [5.74, 6) is -1.21. The minimum Gasteiger partial charge on any atom is -0.451 e. The second kappa shape index (κ2) is 7.03. The smallest absolute Gasteiger partial charge is 0.359 e. The molecule has 0 spiro atoms. The second-order valence-electron chi connectivity index (χ2n) is 6.41. The van der Waals surface area contributed by atoms with E-state index >= 15 is 0 Å². The molecular formula is C20H17N3O4. The highest BCUT2D eigenvalue weighted by Crippen LogP contribution is 2.24. The van der Waals surface area contributed by atoms with Gasteiger partial charge in [0.15, 0.2) is 12.3 Å². The number of carbonyl (C=O) groups is 2. The molecule has 2 aromatic carbocycles. The van der Waals surface area contributed by atoms with Crippen LogP contribution in [0.2, 0.25) is 0 Å². The fourth-order valence-electron chi connectivity index (χ4n) is 3.32. The zero-order valence-corrected chi connectivity index (χ0v) is 14.5. The number of H-pyrrole nitrogens is 1. The summed E-state index contributed by atoms with van der Waals surface area (Å²) in [5.41, 5.74) is 2.82. The monoisotopic (exact) mass is 363 g/mol. The van der Waals surface area contributed by atoms with Gasteiger partial charge in [-0.05, 0) is 48.6 Å². The Kier molecular flexibility index (Phi) is 4.42. The van der Waals surface area contributed by atoms with Crippen LogP contribution in [0.4, 0.5) is 5.69 Å². The van der Waals surface area contributed by atoms with Crippen LogP contribution < -0.4 is 10.9 Å². The average molecular weight is 363 g/mol. The number of aromatic nitrogens is 2. The molecular weight excluding hydrogens is 346 g/mol. The molecule has 27 heavy (non-hydrogen) atoms. The van der Waals surface area contributed by atoms with E-state index in [9.17, 15) is 14.4 Å². The molecule has 4 rings (SSSR count). The molecule has 0 fully saturated rings. The lowest BCUT2D eigenvalue weighted by atomic mass is 10.1. The number of aryl methyl sites for hydroxylation is 2. The number of benzene rings is 2. The van der Waals surface area contributed by atoms with Gasteiger partial charge in [-0.3, -0.25) is 9.59 Å². The molecule has 1 heterocycles. The van der Waals surface area contributed by atoms with Crippen LogP contribution in [0.15, 0.2) is 47.3 Å². The number of anilines is 1. The Bertz CT molecular complexity index is 1100. The summed E-state index contributed by atoms with van der Waals surface area (Å²) in [7, 11) is 0. The lowest BCUT2D eigenvalue weighted by molar-refractivity contribution is -0.119. The highest BCUT2D eigenvalue weighted by molar-refractivity contribution is 6.03. The van der Waals surface area contributed by atoms with Gasteiger partial charge in [0.2, 0.25) is 0 Å². The number of esters is 1. The second-order valence-corrected chi connectivity index (χ2v) is 6.41. The maximum Gasteiger partial charge on any atom is 0.359 e. The first-order valence-electron chi connectivity index (χ1n) is 8.68. The molecule has 1 aliphatic carbocycles. The van der Waals surface area contributed by atoms with Gasteiger partial charge in [0.05, 0.1) is 5.39 Å². The first-order chi connectivity index (χ1) is 13.1. The van der Waals surface area contributed by atoms with Crippen molar-refractivity contribution in [1.29, 1.82) is 0 Å². The van der Waals surface area contributed by atoms with Gasteiger partial charge in [-0.25, -0.2) is 9.89 Å². The zero-order chi connectivity index (χ0) is 18.8. The third kappa shape index (κ3) is 3.44. The molecule has 0 radical (unpaired) electrons. The topological polar surface area (TPSA) is 101 Å². The third-order valence-corrected chi connectivity index (χ3v) is 4.61. The third-order valence-electron chi connectivity index (χ3n) is 4.61. The average Bonchev–Trinajstić information content (AvgIpc) is 3.14. The number of nitrogens with one attached hydrogen (secondary N) is 2. The molecule has 7 nitrogen and oxygen atoms in total. The summed E-state index contributed by atoms with van der Waals surface area (Å²) in [6.07, 6.45) is 3.21. The summed E-state index contributed by atoms with van der Waals surface area (Å²) in [5, 5.41) is 9.48. The first-order valence-corrected chi connectivity index (χ1v) is 8.68. The van der Waals surface area contributed by atoms with Crippen molar-refractivity contribution >= 4 is 28.3 Å². The molecule has 136 valence electrons. The van der Waals surface area contributed by atoms with Crippen molar-refractivity contribution in [3.8, 4) is 0 Å². The number of fused-ring (bicyclic) bond motifs is 2. The molecule has 0 saturated heterocycles. The number of rotatable bonds is 4. The van der Waals surface area contributed by atoms with E-state index in [0.29, 0.717) is 16.5 Å². The molecule has 0 bridgehead atoms. The highest BCUT2D eigenvalue weighted by atomic mass is 16.5. The Morgan fingerprint density at radius 3 is 2.70 bits per heavy atom. The highest BCUT2D eigenvalue weighted by Gasteiger charge is 2.17. The van der Waals surface area contributed by atoms with E-state index in [4.69, 9.17) is 4.74 Å². The Morgan fingerprint density at radius 1 is 1.07 bits per heavy atom. The van der Waals surface area contributed by atoms with E-state index in [1.54, 1.807) is 24.3 Å². The van der Waals surface area contributed by atoms with Crippen LogP contribution in [0.25, 0.3) is 10.8 Å². The van der Waals surface area contributed by atoms with Gasteiger partial charge in [0, 0.05) is 11.1 Å². The summed E-state index contributed by atoms with van der Waals surface area (Å²) in [6.45, 7) is -0.439. The fourth-order valence-corrected chi connectivity index (χ4v) is 3.32. The molecule has 1 aliphatic rings. The Balaban J connectivity index is 1.43. The van der Waals surface area contributed by atoms with Crippen molar-refractivity contribution in [2.45, 2.75) is 19.3 Å². The van der Waals surface area contributed by atoms with E-state index in [2.05, 4.69) is 15.5 Å². The molecule has 0 aliphatic heterocycles. The number of amides is 1. The molecule has 7 heteroatoms. The minimum absolute atomic E-state index is 0.0319. The molecule has 1 aromatic heterocycles. The number of nitrogens with zero attached hydrogens (tertiary/aromatic N) is 1. The van der Waals surface area contributed by atoms with E-state index in [-0.39, 0.29) is 5.69 Å². The van der Waals surface area contributed by atoms with Gasteiger partial charge >= 0.3 is 5.97 Å². The van der Waals surface area contributed by atoms with Gasteiger partial charge < -0.3 is 10.1 Å². The number of hydrogen-bond donors (Lipinski definition) is 2. The molecule has 0 saturated carbocycles. The van der Waals surface area contributed by atoms with Crippen LogP contribution in [-0.2, 0) is 22.4 Å². The van der Waals surface area contributed by atoms with Crippen molar-refractivity contribution in [1.82, 2.24) is 10.2 Å². The molecule has 1 amide bonds. The van der Waals surface area contributed by atoms with Crippen molar-refractivity contribution in [3.63, 3.8) is 0 Å².